The van der Waals surface area contributed by atoms with E-state index in [0.717, 1.165) is 31.2 Å². The molecule has 1 N–H and O–H groups in total. The topological polar surface area (TPSA) is 86.8 Å². The van der Waals surface area contributed by atoms with E-state index in [0.29, 0.717) is 12.2 Å². The second kappa shape index (κ2) is 10.1. The number of likely N-dealkylation sites (tertiary alicyclic amines) is 1. The van der Waals surface area contributed by atoms with Crippen molar-refractivity contribution < 1.29 is 18.0 Å². The lowest BCUT2D eigenvalue weighted by molar-refractivity contribution is -0.130. The molecule has 0 spiro atoms. The van der Waals surface area contributed by atoms with Crippen LogP contribution >= 0.6 is 0 Å². The third kappa shape index (κ3) is 5.45. The van der Waals surface area contributed by atoms with Gasteiger partial charge in [0.25, 0.3) is 0 Å². The summed E-state index contributed by atoms with van der Waals surface area (Å²) in [7, 11) is -2.11. The number of hydrogen-bond donors (Lipinski definition) is 1. The Kier molecular flexibility index (Phi) is 7.14. The van der Waals surface area contributed by atoms with Crippen LogP contribution in [0, 0.1) is 5.92 Å². The molecular weight excluding hydrogens is 438 g/mol. The van der Waals surface area contributed by atoms with E-state index in [-0.39, 0.29) is 41.6 Å². The molecule has 2 aliphatic rings. The highest BCUT2D eigenvalue weighted by molar-refractivity contribution is 7.89. The van der Waals surface area contributed by atoms with E-state index >= 15 is 0 Å². The number of sulfonamides is 1. The van der Waals surface area contributed by atoms with E-state index in [1.54, 1.807) is 19.2 Å². The van der Waals surface area contributed by atoms with Crippen molar-refractivity contribution in [3.8, 4) is 0 Å². The zero-order valence-electron chi connectivity index (χ0n) is 18.9. The first-order valence-corrected chi connectivity index (χ1v) is 13.0. The molecule has 8 heteroatoms. The largest absolute Gasteiger partial charge is 0.339 e. The van der Waals surface area contributed by atoms with Gasteiger partial charge in [-0.25, -0.2) is 8.42 Å². The summed E-state index contributed by atoms with van der Waals surface area (Å²) in [4.78, 5) is 27.3. The van der Waals surface area contributed by atoms with Crippen molar-refractivity contribution in [2.45, 2.75) is 56.0 Å². The van der Waals surface area contributed by atoms with Crippen LogP contribution in [0.2, 0.25) is 0 Å². The van der Waals surface area contributed by atoms with Crippen molar-refractivity contribution in [1.82, 2.24) is 9.21 Å². The minimum absolute atomic E-state index is 0.0601. The molecule has 2 amide bonds. The monoisotopic (exact) mass is 469 g/mol. The Morgan fingerprint density at radius 3 is 2.36 bits per heavy atom. The Morgan fingerprint density at radius 2 is 1.70 bits per heavy atom. The van der Waals surface area contributed by atoms with E-state index < -0.39 is 10.0 Å². The average molecular weight is 470 g/mol. The summed E-state index contributed by atoms with van der Waals surface area (Å²) in [5.41, 5.74) is 1.43. The number of nitrogens with one attached hydrogen (secondary N) is 1. The van der Waals surface area contributed by atoms with Gasteiger partial charge in [0.05, 0.1) is 10.8 Å². The molecule has 1 atom stereocenters. The highest BCUT2D eigenvalue weighted by Crippen LogP contribution is 2.29. The molecule has 1 aliphatic heterocycles. The fourth-order valence-corrected chi connectivity index (χ4v) is 5.87. The highest BCUT2D eigenvalue weighted by Gasteiger charge is 2.38. The zero-order chi connectivity index (χ0) is 23.4. The minimum atomic E-state index is -3.66. The number of carbonyl (C=O) groups excluding carboxylic acids is 2. The van der Waals surface area contributed by atoms with Gasteiger partial charge in [-0.2, -0.15) is 4.31 Å². The number of nitrogens with zero attached hydrogens (tertiary/aromatic N) is 2. The first-order chi connectivity index (χ1) is 15.8. The van der Waals surface area contributed by atoms with Gasteiger partial charge >= 0.3 is 0 Å². The highest BCUT2D eigenvalue weighted by atomic mass is 32.2. The van der Waals surface area contributed by atoms with Gasteiger partial charge in [0.2, 0.25) is 21.8 Å². The van der Waals surface area contributed by atoms with Crippen LogP contribution in [0.3, 0.4) is 0 Å². The molecule has 1 saturated carbocycles. The molecule has 1 heterocycles. The van der Waals surface area contributed by atoms with Crippen LogP contribution in [0.5, 0.6) is 0 Å². The number of benzene rings is 2. The Morgan fingerprint density at radius 1 is 1.03 bits per heavy atom. The average Bonchev–Trinajstić information content (AvgIpc) is 3.22. The van der Waals surface area contributed by atoms with Crippen molar-refractivity contribution in [1.29, 1.82) is 0 Å². The number of rotatable bonds is 7. The van der Waals surface area contributed by atoms with Crippen molar-refractivity contribution >= 4 is 27.5 Å². The lowest BCUT2D eigenvalue weighted by atomic mass is 9.94. The van der Waals surface area contributed by atoms with E-state index in [4.69, 9.17) is 0 Å². The van der Waals surface area contributed by atoms with Gasteiger partial charge < -0.3 is 10.2 Å². The normalized spacial score (nSPS) is 19.8. The Balaban J connectivity index is 1.36. The molecule has 1 saturated heterocycles. The van der Waals surface area contributed by atoms with Gasteiger partial charge in [-0.3, -0.25) is 9.59 Å². The Hall–Kier alpha value is -2.71. The third-order valence-electron chi connectivity index (χ3n) is 6.62. The van der Waals surface area contributed by atoms with Crippen LogP contribution in [-0.2, 0) is 26.2 Å². The maximum absolute atomic E-state index is 12.9. The van der Waals surface area contributed by atoms with Crippen molar-refractivity contribution in [2.24, 2.45) is 5.92 Å². The van der Waals surface area contributed by atoms with Gasteiger partial charge in [0.15, 0.2) is 0 Å². The number of hydrogen-bond acceptors (Lipinski definition) is 4. The molecule has 2 fully saturated rings. The Bertz CT molecular complexity index is 1080. The predicted molar refractivity (Wildman–Crippen MR) is 127 cm³/mol. The summed E-state index contributed by atoms with van der Waals surface area (Å²) >= 11 is 0. The summed E-state index contributed by atoms with van der Waals surface area (Å²) < 4.78 is 27.1. The molecule has 2 aromatic rings. The van der Waals surface area contributed by atoms with Gasteiger partial charge in [-0.15, -0.1) is 0 Å². The van der Waals surface area contributed by atoms with Crippen molar-refractivity contribution in [3.05, 3.63) is 60.2 Å². The van der Waals surface area contributed by atoms with Crippen molar-refractivity contribution in [2.75, 3.05) is 18.9 Å². The lowest BCUT2D eigenvalue weighted by Crippen LogP contribution is -2.38. The molecule has 0 radical (unpaired) electrons. The van der Waals surface area contributed by atoms with E-state index in [9.17, 15) is 18.0 Å². The van der Waals surface area contributed by atoms with Crippen LogP contribution in [0.15, 0.2) is 59.5 Å². The van der Waals surface area contributed by atoms with Crippen LogP contribution in [-0.4, -0.2) is 49.1 Å². The first kappa shape index (κ1) is 23.4. The van der Waals surface area contributed by atoms with Crippen molar-refractivity contribution in [3.63, 3.8) is 0 Å². The first-order valence-electron chi connectivity index (χ1n) is 11.6. The van der Waals surface area contributed by atoms with E-state index in [1.165, 1.54) is 22.9 Å². The molecule has 0 aromatic heterocycles. The summed E-state index contributed by atoms with van der Waals surface area (Å²) in [6, 6.07) is 15.9. The smallest absolute Gasteiger partial charge is 0.243 e. The zero-order valence-corrected chi connectivity index (χ0v) is 19.8. The van der Waals surface area contributed by atoms with E-state index in [2.05, 4.69) is 5.32 Å². The summed E-state index contributed by atoms with van der Waals surface area (Å²) in [5, 5.41) is 2.85. The molecule has 4 rings (SSSR count). The molecule has 176 valence electrons. The molecular formula is C25H31N3O4S. The van der Waals surface area contributed by atoms with Gasteiger partial charge in [-0.05, 0) is 42.7 Å². The molecule has 2 aromatic carbocycles. The fraction of sp³-hybridized carbons (Fsp3) is 0.440. The minimum Gasteiger partial charge on any atom is -0.339 e. The quantitative estimate of drug-likeness (QED) is 0.671. The molecule has 7 nitrogen and oxygen atoms in total. The molecule has 0 bridgehead atoms. The second-order valence-electron chi connectivity index (χ2n) is 9.00. The van der Waals surface area contributed by atoms with Crippen LogP contribution in [0.4, 0.5) is 5.69 Å². The summed E-state index contributed by atoms with van der Waals surface area (Å²) in [5.74, 6) is -0.511. The second-order valence-corrected chi connectivity index (χ2v) is 11.0. The van der Waals surface area contributed by atoms with Gasteiger partial charge in [-0.1, -0.05) is 49.6 Å². The fourth-order valence-electron chi connectivity index (χ4n) is 4.71. The van der Waals surface area contributed by atoms with Crippen LogP contribution in [0.25, 0.3) is 0 Å². The molecule has 0 unspecified atom stereocenters. The number of anilines is 1. The number of amides is 2. The standard InChI is InChI=1S/C25H31N3O4S/c1-27(17-19-8-4-2-5-9-19)33(31,32)23-14-12-21(13-15-23)26-25(30)20-16-24(29)28(18-20)22-10-6-3-7-11-22/h2,4-5,8-9,12-15,20,22H,3,6-7,10-11,16-18H2,1H3,(H,26,30)/t20-/m0/s1. The summed E-state index contributed by atoms with van der Waals surface area (Å²) in [6.45, 7) is 0.737. The predicted octanol–water partition coefficient (Wildman–Crippen LogP) is 3.63. The maximum Gasteiger partial charge on any atom is 0.243 e. The van der Waals surface area contributed by atoms with Gasteiger partial charge in [0.1, 0.15) is 0 Å². The Labute approximate surface area is 195 Å². The molecule has 33 heavy (non-hydrogen) atoms. The SMILES string of the molecule is CN(Cc1ccccc1)S(=O)(=O)c1ccc(NC(=O)[C@H]2CC(=O)N(C3CCCCC3)C2)cc1. The van der Waals surface area contributed by atoms with Gasteiger partial charge in [0, 0.05) is 38.3 Å². The third-order valence-corrected chi connectivity index (χ3v) is 8.44. The van der Waals surface area contributed by atoms with E-state index in [1.807, 2.05) is 35.2 Å². The van der Waals surface area contributed by atoms with Crippen LogP contribution in [0.1, 0.15) is 44.1 Å². The maximum atomic E-state index is 12.9. The number of carbonyl (C=O) groups is 2. The van der Waals surface area contributed by atoms with Crippen LogP contribution < -0.4 is 5.32 Å². The lowest BCUT2D eigenvalue weighted by Gasteiger charge is -2.31. The molecule has 1 aliphatic carbocycles. The summed E-state index contributed by atoms with van der Waals surface area (Å²) in [6.07, 6.45) is 5.78.